The topological polar surface area (TPSA) is 12.0 Å². The fourth-order valence-corrected chi connectivity index (χ4v) is 2.95. The van der Waals surface area contributed by atoms with E-state index in [4.69, 9.17) is 33.2 Å². The van der Waals surface area contributed by atoms with Gasteiger partial charge in [0.25, 0.3) is 0 Å². The molecule has 0 spiro atoms. The summed E-state index contributed by atoms with van der Waals surface area (Å²) in [5.74, 6) is 0. The van der Waals surface area contributed by atoms with E-state index in [2.05, 4.69) is 4.98 Å². The molecule has 0 aromatic rings. The van der Waals surface area contributed by atoms with Crippen molar-refractivity contribution in [2.45, 2.75) is 19.9 Å². The Labute approximate surface area is 64.5 Å². The molecule has 0 aliphatic heterocycles. The van der Waals surface area contributed by atoms with E-state index in [0.29, 0.717) is 0 Å². The molecule has 0 saturated carbocycles. The first-order chi connectivity index (χ1) is 3.42. The van der Waals surface area contributed by atoms with Crippen molar-refractivity contribution < 1.29 is 0 Å². The van der Waals surface area contributed by atoms with E-state index in [1.807, 2.05) is 13.8 Å². The number of hydrogen-bond donors (Lipinski definition) is 1. The Hall–Kier alpha value is 1.05. The Kier molecular flexibility index (Phi) is 3.70. The van der Waals surface area contributed by atoms with Crippen LogP contribution in [-0.2, 0) is 0 Å². The molecule has 0 saturated heterocycles. The first-order valence-corrected chi connectivity index (χ1v) is 7.30. The van der Waals surface area contributed by atoms with Gasteiger partial charge in [-0.05, 0) is 6.04 Å². The molecule has 0 atom stereocenters. The molecule has 0 unspecified atom stereocenters. The minimum absolute atomic E-state index is 0.258. The molecular formula is C3H8Cl3NSi. The maximum Gasteiger partial charge on any atom is 0.422 e. The zero-order chi connectivity index (χ0) is 6.78. The highest BCUT2D eigenvalue weighted by Gasteiger charge is 2.25. The zero-order valence-electron chi connectivity index (χ0n) is 4.71. The van der Waals surface area contributed by atoms with E-state index in [1.165, 1.54) is 0 Å². The Morgan fingerprint density at radius 1 is 1.25 bits per heavy atom. The molecule has 0 aromatic carbocycles. The van der Waals surface area contributed by atoms with Gasteiger partial charge in [0.15, 0.2) is 0 Å². The lowest BCUT2D eigenvalue weighted by atomic mass is 10.4. The van der Waals surface area contributed by atoms with Crippen LogP contribution in [0, 0.1) is 0 Å². The average molecular weight is 193 g/mol. The quantitative estimate of drug-likeness (QED) is 0.522. The highest BCUT2D eigenvalue weighted by molar-refractivity contribution is 7.63. The van der Waals surface area contributed by atoms with Gasteiger partial charge in [-0.3, -0.25) is 4.98 Å². The Bertz CT molecular complexity index is 69.4. The number of rotatable bonds is 2. The van der Waals surface area contributed by atoms with Crippen LogP contribution in [0.2, 0.25) is 0 Å². The third kappa shape index (κ3) is 7.05. The first-order valence-electron chi connectivity index (χ1n) is 2.26. The predicted octanol–water partition coefficient (Wildman–Crippen LogP) is 2.14. The van der Waals surface area contributed by atoms with Crippen LogP contribution in [0.15, 0.2) is 0 Å². The molecule has 0 aliphatic carbocycles. The monoisotopic (exact) mass is 191 g/mol. The maximum absolute atomic E-state index is 5.49. The summed E-state index contributed by atoms with van der Waals surface area (Å²) in [5.41, 5.74) is 0. The largest absolute Gasteiger partial charge is 0.422 e. The lowest BCUT2D eigenvalue weighted by molar-refractivity contribution is 0.753. The van der Waals surface area contributed by atoms with Gasteiger partial charge in [0.1, 0.15) is 0 Å². The SMILES string of the molecule is CC(C)N[Si](Cl)(Cl)Cl. The van der Waals surface area contributed by atoms with Gasteiger partial charge >= 0.3 is 6.16 Å². The molecular weight excluding hydrogens is 184 g/mol. The summed E-state index contributed by atoms with van der Waals surface area (Å²) in [6.45, 7) is 3.88. The maximum atomic E-state index is 5.49. The van der Waals surface area contributed by atoms with Gasteiger partial charge in [0.05, 0.1) is 0 Å². The van der Waals surface area contributed by atoms with Crippen molar-refractivity contribution in [3.05, 3.63) is 0 Å². The summed E-state index contributed by atoms with van der Waals surface area (Å²) < 4.78 is 0. The molecule has 0 aromatic heterocycles. The van der Waals surface area contributed by atoms with Gasteiger partial charge in [0, 0.05) is 0 Å². The van der Waals surface area contributed by atoms with Crippen molar-refractivity contribution in [1.29, 1.82) is 0 Å². The van der Waals surface area contributed by atoms with Crippen LogP contribution in [0.5, 0.6) is 0 Å². The second-order valence-electron chi connectivity index (χ2n) is 1.80. The lowest BCUT2D eigenvalue weighted by Gasteiger charge is -2.12. The fraction of sp³-hybridized carbons (Fsp3) is 1.00. The predicted molar refractivity (Wildman–Crippen MR) is 41.6 cm³/mol. The van der Waals surface area contributed by atoms with E-state index in [1.54, 1.807) is 0 Å². The molecule has 0 amide bonds. The van der Waals surface area contributed by atoms with Crippen molar-refractivity contribution in [3.63, 3.8) is 0 Å². The van der Waals surface area contributed by atoms with Gasteiger partial charge in [-0.15, -0.1) is 33.2 Å². The lowest BCUT2D eigenvalue weighted by Crippen LogP contribution is -2.39. The van der Waals surface area contributed by atoms with Crippen LogP contribution in [0.1, 0.15) is 13.8 Å². The van der Waals surface area contributed by atoms with Crippen LogP contribution in [0.25, 0.3) is 0 Å². The van der Waals surface area contributed by atoms with Crippen LogP contribution in [-0.4, -0.2) is 12.2 Å². The molecule has 0 rings (SSSR count). The summed E-state index contributed by atoms with van der Waals surface area (Å²) in [6, 6.07) is 0.258. The Balaban J connectivity index is 3.39. The van der Waals surface area contributed by atoms with Gasteiger partial charge in [0.2, 0.25) is 0 Å². The molecule has 0 heterocycles. The molecule has 8 heavy (non-hydrogen) atoms. The van der Waals surface area contributed by atoms with E-state index >= 15 is 0 Å². The molecule has 1 nitrogen and oxygen atoms in total. The average Bonchev–Trinajstić information content (AvgIpc) is 1.21. The van der Waals surface area contributed by atoms with Gasteiger partial charge in [-0.2, -0.15) is 0 Å². The van der Waals surface area contributed by atoms with Crippen molar-refractivity contribution in [2.75, 3.05) is 0 Å². The molecule has 0 fully saturated rings. The smallest absolute Gasteiger partial charge is 0.299 e. The zero-order valence-corrected chi connectivity index (χ0v) is 7.98. The molecule has 0 aliphatic rings. The highest BCUT2D eigenvalue weighted by Crippen LogP contribution is 2.15. The fourth-order valence-electron chi connectivity index (χ4n) is 0.327. The molecule has 0 radical (unpaired) electrons. The van der Waals surface area contributed by atoms with Crippen LogP contribution >= 0.6 is 33.2 Å². The summed E-state index contributed by atoms with van der Waals surface area (Å²) in [7, 11) is 0. The Morgan fingerprint density at radius 2 is 1.62 bits per heavy atom. The summed E-state index contributed by atoms with van der Waals surface area (Å²) >= 11 is 16.5. The van der Waals surface area contributed by atoms with Crippen molar-refractivity contribution in [3.8, 4) is 0 Å². The second kappa shape index (κ2) is 3.27. The minimum atomic E-state index is -2.55. The van der Waals surface area contributed by atoms with Crippen LogP contribution < -0.4 is 4.98 Å². The normalized spacial score (nSPS) is 12.8. The van der Waals surface area contributed by atoms with Gasteiger partial charge in [-0.25, -0.2) is 0 Å². The van der Waals surface area contributed by atoms with E-state index < -0.39 is 6.16 Å². The number of nitrogens with one attached hydrogen (secondary N) is 1. The second-order valence-corrected chi connectivity index (χ2v) is 9.92. The van der Waals surface area contributed by atoms with Crippen LogP contribution in [0.4, 0.5) is 0 Å². The standard InChI is InChI=1S/C3H8Cl3NSi/c1-3(2)7-8(4,5)6/h3,7H,1-2H3. The van der Waals surface area contributed by atoms with Gasteiger partial charge in [-0.1, -0.05) is 13.8 Å². The molecule has 0 bridgehead atoms. The van der Waals surface area contributed by atoms with E-state index in [0.717, 1.165) is 0 Å². The summed E-state index contributed by atoms with van der Waals surface area (Å²) in [5, 5.41) is 0. The molecule has 1 N–H and O–H groups in total. The summed E-state index contributed by atoms with van der Waals surface area (Å²) in [4.78, 5) is 2.82. The van der Waals surface area contributed by atoms with E-state index in [9.17, 15) is 0 Å². The first kappa shape index (κ1) is 9.05. The van der Waals surface area contributed by atoms with Crippen molar-refractivity contribution in [2.24, 2.45) is 0 Å². The molecule has 50 valence electrons. The van der Waals surface area contributed by atoms with Gasteiger partial charge < -0.3 is 0 Å². The van der Waals surface area contributed by atoms with E-state index in [-0.39, 0.29) is 6.04 Å². The minimum Gasteiger partial charge on any atom is -0.299 e. The third-order valence-electron chi connectivity index (χ3n) is 0.452. The number of hydrogen-bond acceptors (Lipinski definition) is 1. The van der Waals surface area contributed by atoms with Crippen molar-refractivity contribution >= 4 is 39.4 Å². The summed E-state index contributed by atoms with van der Waals surface area (Å²) in [6.07, 6.45) is -2.55. The Morgan fingerprint density at radius 3 is 1.62 bits per heavy atom. The van der Waals surface area contributed by atoms with Crippen molar-refractivity contribution in [1.82, 2.24) is 4.98 Å². The molecule has 5 heteroatoms. The third-order valence-corrected chi connectivity index (χ3v) is 2.34. The van der Waals surface area contributed by atoms with Crippen LogP contribution in [0.3, 0.4) is 0 Å². The highest BCUT2D eigenvalue weighted by atomic mass is 35.8. The number of halogens is 3.